The molecule has 0 unspecified atom stereocenters. The Hall–Kier alpha value is -2.47. The quantitative estimate of drug-likeness (QED) is 0.660. The van der Waals surface area contributed by atoms with Gasteiger partial charge in [0.15, 0.2) is 5.82 Å². The van der Waals surface area contributed by atoms with Gasteiger partial charge in [0.1, 0.15) is 11.5 Å². The minimum absolute atomic E-state index is 0.0527. The van der Waals surface area contributed by atoms with E-state index in [2.05, 4.69) is 29.1 Å². The Labute approximate surface area is 155 Å². The highest BCUT2D eigenvalue weighted by Gasteiger charge is 2.18. The van der Waals surface area contributed by atoms with Gasteiger partial charge in [0.05, 0.1) is 6.61 Å². The number of amides is 1. The number of aromatic nitrogens is 2. The lowest BCUT2D eigenvalue weighted by Gasteiger charge is -2.21. The number of carbonyl (C=O) groups excluding carboxylic acids is 1. The van der Waals surface area contributed by atoms with Gasteiger partial charge >= 0.3 is 0 Å². The molecule has 0 saturated heterocycles. The molecule has 0 spiro atoms. The first-order valence-electron chi connectivity index (χ1n) is 9.16. The molecule has 6 nitrogen and oxygen atoms in total. The second-order valence-corrected chi connectivity index (χ2v) is 6.04. The number of nitrogens with zero attached hydrogens (tertiary/aromatic N) is 3. The zero-order chi connectivity index (χ0) is 18.8. The molecule has 0 atom stereocenters. The third-order valence-electron chi connectivity index (χ3n) is 3.86. The van der Waals surface area contributed by atoms with Crippen molar-refractivity contribution in [2.45, 2.75) is 26.7 Å². The maximum Gasteiger partial charge on any atom is 0.272 e. The van der Waals surface area contributed by atoms with E-state index in [1.807, 2.05) is 35.2 Å². The summed E-state index contributed by atoms with van der Waals surface area (Å²) in [6.45, 7) is 6.77. The van der Waals surface area contributed by atoms with E-state index in [1.165, 1.54) is 0 Å². The third-order valence-corrected chi connectivity index (χ3v) is 3.86. The Morgan fingerprint density at radius 2 is 1.81 bits per heavy atom. The van der Waals surface area contributed by atoms with Gasteiger partial charge < -0.3 is 15.0 Å². The van der Waals surface area contributed by atoms with Crippen molar-refractivity contribution in [1.29, 1.82) is 0 Å². The maximum absolute atomic E-state index is 13.0. The summed E-state index contributed by atoms with van der Waals surface area (Å²) in [5.41, 5.74) is 1.30. The number of hydrogen-bond donors (Lipinski definition) is 1. The number of benzene rings is 1. The molecular formula is C20H28N4O2. The molecule has 0 fully saturated rings. The molecule has 0 aliphatic rings. The van der Waals surface area contributed by atoms with E-state index in [-0.39, 0.29) is 5.91 Å². The predicted molar refractivity (Wildman–Crippen MR) is 104 cm³/mol. The zero-order valence-electron chi connectivity index (χ0n) is 15.9. The van der Waals surface area contributed by atoms with E-state index >= 15 is 0 Å². The Kier molecular flexibility index (Phi) is 8.02. The second kappa shape index (κ2) is 10.5. The van der Waals surface area contributed by atoms with Gasteiger partial charge in [-0.25, -0.2) is 9.97 Å². The molecule has 0 aliphatic heterocycles. The van der Waals surface area contributed by atoms with Gasteiger partial charge in [-0.15, -0.1) is 0 Å². The summed E-state index contributed by atoms with van der Waals surface area (Å²) >= 11 is 0. The van der Waals surface area contributed by atoms with Crippen LogP contribution in [0.3, 0.4) is 0 Å². The van der Waals surface area contributed by atoms with Crippen LogP contribution in [0.15, 0.2) is 36.4 Å². The van der Waals surface area contributed by atoms with Crippen molar-refractivity contribution in [2.75, 3.05) is 38.7 Å². The molecule has 1 heterocycles. The molecule has 1 amide bonds. The van der Waals surface area contributed by atoms with Crippen LogP contribution in [0.5, 0.6) is 0 Å². The summed E-state index contributed by atoms with van der Waals surface area (Å²) in [7, 11) is 1.65. The van der Waals surface area contributed by atoms with E-state index in [4.69, 9.17) is 4.74 Å². The van der Waals surface area contributed by atoms with E-state index in [0.29, 0.717) is 30.5 Å². The lowest BCUT2D eigenvalue weighted by atomic mass is 10.2. The zero-order valence-corrected chi connectivity index (χ0v) is 15.9. The highest BCUT2D eigenvalue weighted by atomic mass is 16.5. The number of hydrogen-bond acceptors (Lipinski definition) is 5. The van der Waals surface area contributed by atoms with Crippen LogP contribution in [0.1, 0.15) is 37.2 Å². The third kappa shape index (κ3) is 5.52. The highest BCUT2D eigenvalue weighted by molar-refractivity contribution is 5.93. The average molecular weight is 356 g/mol. The van der Waals surface area contributed by atoms with Crippen LogP contribution in [0, 0.1) is 0 Å². The van der Waals surface area contributed by atoms with Crippen molar-refractivity contribution in [1.82, 2.24) is 14.9 Å². The summed E-state index contributed by atoms with van der Waals surface area (Å²) < 4.78 is 5.08. The van der Waals surface area contributed by atoms with Gasteiger partial charge in [0, 0.05) is 38.4 Å². The molecule has 2 aromatic rings. The lowest BCUT2D eigenvalue weighted by Crippen LogP contribution is -2.33. The molecule has 1 aromatic carbocycles. The molecule has 0 aliphatic carbocycles. The first kappa shape index (κ1) is 19.8. The molecule has 2 rings (SSSR count). The Morgan fingerprint density at radius 1 is 1.12 bits per heavy atom. The Morgan fingerprint density at radius 3 is 2.42 bits per heavy atom. The predicted octanol–water partition coefficient (Wildman–Crippen LogP) is 3.46. The molecular weight excluding hydrogens is 328 g/mol. The minimum atomic E-state index is -0.0527. The topological polar surface area (TPSA) is 67.4 Å². The second-order valence-electron chi connectivity index (χ2n) is 6.04. The first-order chi connectivity index (χ1) is 12.7. The number of ether oxygens (including phenoxy) is 1. The van der Waals surface area contributed by atoms with Crippen LogP contribution in [0.4, 0.5) is 5.82 Å². The van der Waals surface area contributed by atoms with E-state index in [1.54, 1.807) is 13.2 Å². The summed E-state index contributed by atoms with van der Waals surface area (Å²) in [6.07, 6.45) is 1.84. The van der Waals surface area contributed by atoms with Crippen molar-refractivity contribution in [3.8, 4) is 11.4 Å². The van der Waals surface area contributed by atoms with Crippen molar-refractivity contribution in [3.63, 3.8) is 0 Å². The van der Waals surface area contributed by atoms with Crippen molar-refractivity contribution in [3.05, 3.63) is 42.1 Å². The fourth-order valence-corrected chi connectivity index (χ4v) is 2.66. The van der Waals surface area contributed by atoms with Crippen molar-refractivity contribution < 1.29 is 9.53 Å². The highest BCUT2D eigenvalue weighted by Crippen LogP contribution is 2.19. The minimum Gasteiger partial charge on any atom is -0.383 e. The van der Waals surface area contributed by atoms with Gasteiger partial charge in [-0.3, -0.25) is 4.79 Å². The normalized spacial score (nSPS) is 10.6. The van der Waals surface area contributed by atoms with Gasteiger partial charge in [-0.2, -0.15) is 0 Å². The fourth-order valence-electron chi connectivity index (χ4n) is 2.66. The van der Waals surface area contributed by atoms with Crippen molar-refractivity contribution in [2.24, 2.45) is 0 Å². The summed E-state index contributed by atoms with van der Waals surface area (Å²) in [5, 5.41) is 3.21. The number of methoxy groups -OCH3 is 1. The summed E-state index contributed by atoms with van der Waals surface area (Å²) in [4.78, 5) is 23.9. The molecule has 0 saturated carbocycles. The SMILES string of the molecule is CCCN(CCC)C(=O)c1cc(NCCOC)nc(-c2ccccc2)n1. The van der Waals surface area contributed by atoms with Gasteiger partial charge in [0.2, 0.25) is 0 Å². The van der Waals surface area contributed by atoms with Crippen LogP contribution < -0.4 is 5.32 Å². The standard InChI is InChI=1S/C20H28N4O2/c1-4-12-24(13-5-2)20(25)17-15-18(21-11-14-26-3)23-19(22-17)16-9-7-6-8-10-16/h6-10,15H,4-5,11-14H2,1-3H3,(H,21,22,23). The Balaban J connectivity index is 2.36. The largest absolute Gasteiger partial charge is 0.383 e. The smallest absolute Gasteiger partial charge is 0.272 e. The molecule has 1 N–H and O–H groups in total. The van der Waals surface area contributed by atoms with Crippen LogP contribution in [0.2, 0.25) is 0 Å². The molecule has 140 valence electrons. The van der Waals surface area contributed by atoms with E-state index in [0.717, 1.165) is 31.5 Å². The van der Waals surface area contributed by atoms with Gasteiger partial charge in [-0.1, -0.05) is 44.2 Å². The number of rotatable bonds is 10. The molecule has 1 aromatic heterocycles. The summed E-state index contributed by atoms with van der Waals surface area (Å²) in [5.74, 6) is 1.12. The molecule has 26 heavy (non-hydrogen) atoms. The number of nitrogens with one attached hydrogen (secondary N) is 1. The van der Waals surface area contributed by atoms with E-state index in [9.17, 15) is 4.79 Å². The lowest BCUT2D eigenvalue weighted by molar-refractivity contribution is 0.0749. The molecule has 0 radical (unpaired) electrons. The molecule has 6 heteroatoms. The number of anilines is 1. The number of carbonyl (C=O) groups is 1. The average Bonchev–Trinajstić information content (AvgIpc) is 2.68. The van der Waals surface area contributed by atoms with Gasteiger partial charge in [-0.05, 0) is 12.8 Å². The fraction of sp³-hybridized carbons (Fsp3) is 0.450. The monoisotopic (exact) mass is 356 g/mol. The van der Waals surface area contributed by atoms with Crippen LogP contribution in [-0.2, 0) is 4.74 Å². The maximum atomic E-state index is 13.0. The van der Waals surface area contributed by atoms with Crippen LogP contribution >= 0.6 is 0 Å². The molecule has 0 bridgehead atoms. The van der Waals surface area contributed by atoms with Crippen molar-refractivity contribution >= 4 is 11.7 Å². The van der Waals surface area contributed by atoms with Gasteiger partial charge in [0.25, 0.3) is 5.91 Å². The van der Waals surface area contributed by atoms with Crippen LogP contribution in [0.25, 0.3) is 11.4 Å². The van der Waals surface area contributed by atoms with Crippen LogP contribution in [-0.4, -0.2) is 54.1 Å². The Bertz CT molecular complexity index is 685. The van der Waals surface area contributed by atoms with E-state index < -0.39 is 0 Å². The summed E-state index contributed by atoms with van der Waals surface area (Å²) in [6, 6.07) is 11.4. The first-order valence-corrected chi connectivity index (χ1v) is 9.16.